The second-order valence-corrected chi connectivity index (χ2v) is 4.38. The minimum Gasteiger partial charge on any atom is -0.478 e. The van der Waals surface area contributed by atoms with E-state index in [9.17, 15) is 13.6 Å². The fourth-order valence-electron chi connectivity index (χ4n) is 1.66. The molecule has 0 spiro atoms. The number of benzene rings is 1. The molecule has 1 aromatic carbocycles. The lowest BCUT2D eigenvalue weighted by Gasteiger charge is -2.10. The lowest BCUT2D eigenvalue weighted by Crippen LogP contribution is -2.07. The molecule has 2 rings (SSSR count). The average Bonchev–Trinajstić information content (AvgIpc) is 2.35. The molecule has 1 heterocycles. The molecule has 4 nitrogen and oxygen atoms in total. The van der Waals surface area contributed by atoms with E-state index in [2.05, 4.69) is 10.3 Å². The minimum atomic E-state index is -1.18. The minimum absolute atomic E-state index is 0.0509. The zero-order chi connectivity index (χ0) is 14.7. The van der Waals surface area contributed by atoms with E-state index in [4.69, 9.17) is 16.7 Å². The van der Waals surface area contributed by atoms with Crippen LogP contribution in [-0.4, -0.2) is 16.1 Å². The average molecular weight is 299 g/mol. The Labute approximate surface area is 118 Å². The van der Waals surface area contributed by atoms with Crippen molar-refractivity contribution in [1.82, 2.24) is 4.98 Å². The number of pyridine rings is 1. The van der Waals surface area contributed by atoms with E-state index in [1.165, 1.54) is 6.07 Å². The Morgan fingerprint density at radius 2 is 1.90 bits per heavy atom. The molecule has 0 radical (unpaired) electrons. The number of rotatable bonds is 4. The monoisotopic (exact) mass is 298 g/mol. The summed E-state index contributed by atoms with van der Waals surface area (Å²) in [6.07, 6.45) is 1.11. The van der Waals surface area contributed by atoms with Crippen molar-refractivity contribution in [2.75, 3.05) is 5.32 Å². The highest BCUT2D eigenvalue weighted by molar-refractivity contribution is 6.29. The van der Waals surface area contributed by atoms with Gasteiger partial charge in [-0.1, -0.05) is 11.6 Å². The summed E-state index contributed by atoms with van der Waals surface area (Å²) >= 11 is 5.69. The van der Waals surface area contributed by atoms with Crippen LogP contribution in [0.3, 0.4) is 0 Å². The Bertz CT molecular complexity index is 645. The van der Waals surface area contributed by atoms with E-state index in [1.807, 2.05) is 0 Å². The molecule has 0 saturated heterocycles. The number of carboxylic acids is 1. The van der Waals surface area contributed by atoms with Gasteiger partial charge < -0.3 is 10.4 Å². The second-order valence-electron chi connectivity index (χ2n) is 3.99. The van der Waals surface area contributed by atoms with Crippen molar-refractivity contribution in [3.8, 4) is 0 Å². The topological polar surface area (TPSA) is 62.2 Å². The molecule has 20 heavy (non-hydrogen) atoms. The first-order chi connectivity index (χ1) is 9.45. The maximum atomic E-state index is 13.0. The number of halogens is 3. The molecule has 2 N–H and O–H groups in total. The maximum absolute atomic E-state index is 13.0. The first kappa shape index (κ1) is 14.2. The quantitative estimate of drug-likeness (QED) is 0.850. The van der Waals surface area contributed by atoms with Gasteiger partial charge in [-0.15, -0.1) is 0 Å². The SMILES string of the molecule is O=C(O)c1cnc(Cl)cc1NCc1cc(F)cc(F)c1. The zero-order valence-corrected chi connectivity index (χ0v) is 10.8. The van der Waals surface area contributed by atoms with E-state index in [0.717, 1.165) is 24.4 Å². The van der Waals surface area contributed by atoms with Crippen LogP contribution in [0.5, 0.6) is 0 Å². The fourth-order valence-corrected chi connectivity index (χ4v) is 1.81. The standard InChI is InChI=1S/C13H9ClF2N2O2/c14-12-4-11(10(6-18-12)13(19)20)17-5-7-1-8(15)3-9(16)2-7/h1-4,6H,5H2,(H,17,18)(H,19,20). The number of aromatic carboxylic acids is 1. The van der Waals surface area contributed by atoms with Gasteiger partial charge in [-0.2, -0.15) is 0 Å². The van der Waals surface area contributed by atoms with Gasteiger partial charge in [-0.05, 0) is 23.8 Å². The summed E-state index contributed by atoms with van der Waals surface area (Å²) in [6, 6.07) is 4.40. The number of hydrogen-bond acceptors (Lipinski definition) is 3. The molecule has 0 amide bonds. The third kappa shape index (κ3) is 3.42. The van der Waals surface area contributed by atoms with E-state index < -0.39 is 17.6 Å². The second kappa shape index (κ2) is 5.83. The first-order valence-corrected chi connectivity index (χ1v) is 5.91. The van der Waals surface area contributed by atoms with Gasteiger partial charge in [-0.25, -0.2) is 18.6 Å². The Kier molecular flexibility index (Phi) is 4.14. The highest BCUT2D eigenvalue weighted by Gasteiger charge is 2.11. The molecule has 0 aliphatic carbocycles. The Morgan fingerprint density at radius 1 is 1.25 bits per heavy atom. The summed E-state index contributed by atoms with van der Waals surface area (Å²) in [7, 11) is 0. The molecule has 2 aromatic rings. The van der Waals surface area contributed by atoms with E-state index in [0.29, 0.717) is 5.56 Å². The van der Waals surface area contributed by atoms with Gasteiger partial charge in [0, 0.05) is 18.8 Å². The third-order valence-corrected chi connectivity index (χ3v) is 2.71. The molecule has 1 aromatic heterocycles. The van der Waals surface area contributed by atoms with Crippen molar-refractivity contribution in [2.24, 2.45) is 0 Å². The molecule has 0 aliphatic heterocycles. The van der Waals surface area contributed by atoms with Gasteiger partial charge in [0.15, 0.2) is 0 Å². The smallest absolute Gasteiger partial charge is 0.339 e. The number of carbonyl (C=O) groups is 1. The van der Waals surface area contributed by atoms with Crippen molar-refractivity contribution in [1.29, 1.82) is 0 Å². The van der Waals surface area contributed by atoms with Gasteiger partial charge >= 0.3 is 5.97 Å². The maximum Gasteiger partial charge on any atom is 0.339 e. The third-order valence-electron chi connectivity index (χ3n) is 2.51. The molecular formula is C13H9ClF2N2O2. The number of aromatic nitrogens is 1. The van der Waals surface area contributed by atoms with Crippen LogP contribution in [0.1, 0.15) is 15.9 Å². The number of carboxylic acid groups (broad SMARTS) is 1. The highest BCUT2D eigenvalue weighted by atomic mass is 35.5. The first-order valence-electron chi connectivity index (χ1n) is 5.53. The van der Waals surface area contributed by atoms with E-state index in [-0.39, 0.29) is 22.9 Å². The molecule has 0 aliphatic rings. The number of anilines is 1. The van der Waals surface area contributed by atoms with Crippen molar-refractivity contribution < 1.29 is 18.7 Å². The van der Waals surface area contributed by atoms with Gasteiger partial charge in [0.2, 0.25) is 0 Å². The fraction of sp³-hybridized carbons (Fsp3) is 0.0769. The van der Waals surface area contributed by atoms with Crippen LogP contribution in [-0.2, 0) is 6.54 Å². The zero-order valence-electron chi connectivity index (χ0n) is 10.0. The number of nitrogens with one attached hydrogen (secondary N) is 1. The molecule has 0 unspecified atom stereocenters. The molecule has 104 valence electrons. The van der Waals surface area contributed by atoms with Crippen LogP contribution in [0.15, 0.2) is 30.5 Å². The van der Waals surface area contributed by atoms with Crippen LogP contribution in [0.4, 0.5) is 14.5 Å². The van der Waals surface area contributed by atoms with E-state index >= 15 is 0 Å². The predicted octanol–water partition coefficient (Wildman–Crippen LogP) is 3.32. The number of hydrogen-bond donors (Lipinski definition) is 2. The van der Waals surface area contributed by atoms with Gasteiger partial charge in [-0.3, -0.25) is 0 Å². The molecule has 7 heteroatoms. The lowest BCUT2D eigenvalue weighted by molar-refractivity contribution is 0.0697. The van der Waals surface area contributed by atoms with Crippen molar-refractivity contribution in [3.63, 3.8) is 0 Å². The summed E-state index contributed by atoms with van der Waals surface area (Å²) in [5, 5.41) is 11.9. The summed E-state index contributed by atoms with van der Waals surface area (Å²) in [6.45, 7) is 0.0509. The van der Waals surface area contributed by atoms with Crippen LogP contribution in [0.25, 0.3) is 0 Å². The summed E-state index contributed by atoms with van der Waals surface area (Å²) in [5.41, 5.74) is 0.486. The molecule has 0 saturated carbocycles. The summed E-state index contributed by atoms with van der Waals surface area (Å²) < 4.78 is 26.1. The normalized spacial score (nSPS) is 10.3. The van der Waals surface area contributed by atoms with Gasteiger partial charge in [0.05, 0.1) is 5.69 Å². The Morgan fingerprint density at radius 3 is 2.50 bits per heavy atom. The van der Waals surface area contributed by atoms with Crippen molar-refractivity contribution in [3.05, 3.63) is 58.4 Å². The Balaban J connectivity index is 2.22. The van der Waals surface area contributed by atoms with Gasteiger partial charge in [0.1, 0.15) is 22.4 Å². The largest absolute Gasteiger partial charge is 0.478 e. The predicted molar refractivity (Wildman–Crippen MR) is 69.9 cm³/mol. The highest BCUT2D eigenvalue weighted by Crippen LogP contribution is 2.20. The van der Waals surface area contributed by atoms with Crippen LogP contribution < -0.4 is 5.32 Å². The Hall–Kier alpha value is -2.21. The van der Waals surface area contributed by atoms with Crippen LogP contribution in [0.2, 0.25) is 5.15 Å². The van der Waals surface area contributed by atoms with Crippen molar-refractivity contribution in [2.45, 2.75) is 6.54 Å². The van der Waals surface area contributed by atoms with Crippen molar-refractivity contribution >= 4 is 23.3 Å². The van der Waals surface area contributed by atoms with E-state index in [1.54, 1.807) is 0 Å². The van der Waals surface area contributed by atoms with Crippen LogP contribution >= 0.6 is 11.6 Å². The molecule has 0 fully saturated rings. The molecule has 0 atom stereocenters. The summed E-state index contributed by atoms with van der Waals surface area (Å²) in [5.74, 6) is -2.58. The lowest BCUT2D eigenvalue weighted by atomic mass is 10.2. The van der Waals surface area contributed by atoms with Gasteiger partial charge in [0.25, 0.3) is 0 Å². The summed E-state index contributed by atoms with van der Waals surface area (Å²) in [4.78, 5) is 14.7. The molecule has 0 bridgehead atoms. The van der Waals surface area contributed by atoms with Crippen LogP contribution in [0, 0.1) is 11.6 Å². The number of nitrogens with zero attached hydrogens (tertiary/aromatic N) is 1. The molecular weight excluding hydrogens is 290 g/mol.